The fourth-order valence-electron chi connectivity index (χ4n) is 4.93. The molecule has 0 bridgehead atoms. The van der Waals surface area contributed by atoms with E-state index in [0.717, 1.165) is 12.1 Å². The van der Waals surface area contributed by atoms with Gasteiger partial charge in [0.25, 0.3) is 5.56 Å². The first-order chi connectivity index (χ1) is 19.6. The highest BCUT2D eigenvalue weighted by molar-refractivity contribution is 5.95. The van der Waals surface area contributed by atoms with Crippen molar-refractivity contribution >= 4 is 22.8 Å². The van der Waals surface area contributed by atoms with Crippen LogP contribution in [0.5, 0.6) is 5.88 Å². The van der Waals surface area contributed by atoms with Crippen molar-refractivity contribution in [3.63, 3.8) is 0 Å². The molecule has 216 valence electrons. The number of amides is 1. The number of anilines is 1. The number of halogens is 3. The molecule has 0 spiro atoms. The summed E-state index contributed by atoms with van der Waals surface area (Å²) >= 11 is 0. The third kappa shape index (κ3) is 5.61. The summed E-state index contributed by atoms with van der Waals surface area (Å²) in [5.41, 5.74) is -0.0115. The van der Waals surface area contributed by atoms with Gasteiger partial charge in [0.05, 0.1) is 12.2 Å². The van der Waals surface area contributed by atoms with E-state index in [-0.39, 0.29) is 36.1 Å². The lowest BCUT2D eigenvalue weighted by Crippen LogP contribution is -2.40. The zero-order valence-electron chi connectivity index (χ0n) is 22.6. The number of H-pyrrole nitrogens is 1. The number of carbonyl (C=O) groups is 1. The summed E-state index contributed by atoms with van der Waals surface area (Å²) in [6.07, 6.45) is -1.36. The summed E-state index contributed by atoms with van der Waals surface area (Å²) < 4.78 is 47.1. The summed E-state index contributed by atoms with van der Waals surface area (Å²) in [4.78, 5) is 51.7. The maximum atomic E-state index is 13.0. The SMILES string of the molecule is CCCn1c(=O)c2[nH]c(-c3ccc(OCC4CC(=O)N(c5ccc(C(F)(F)F)cc5)C4)nc3)nc2n(CCC)c1=O. The molecule has 41 heavy (non-hydrogen) atoms. The Kier molecular flexibility index (Phi) is 7.70. The number of rotatable bonds is 9. The quantitative estimate of drug-likeness (QED) is 0.322. The number of hydrogen-bond acceptors (Lipinski definition) is 6. The zero-order chi connectivity index (χ0) is 29.3. The van der Waals surface area contributed by atoms with E-state index in [1.165, 1.54) is 32.4 Å². The first-order valence-corrected chi connectivity index (χ1v) is 13.4. The smallest absolute Gasteiger partial charge is 0.416 e. The fraction of sp³-hybridized carbons (Fsp3) is 0.393. The van der Waals surface area contributed by atoms with Gasteiger partial charge in [-0.3, -0.25) is 18.7 Å². The van der Waals surface area contributed by atoms with Crippen LogP contribution in [0, 0.1) is 5.92 Å². The number of nitrogens with one attached hydrogen (secondary N) is 1. The predicted octanol–water partition coefficient (Wildman–Crippen LogP) is 4.22. The van der Waals surface area contributed by atoms with Crippen LogP contribution in [0.3, 0.4) is 0 Å². The lowest BCUT2D eigenvalue weighted by molar-refractivity contribution is -0.137. The number of fused-ring (bicyclic) bond motifs is 1. The molecule has 0 radical (unpaired) electrons. The van der Waals surface area contributed by atoms with Crippen LogP contribution in [0.15, 0.2) is 52.2 Å². The van der Waals surface area contributed by atoms with E-state index < -0.39 is 17.3 Å². The molecule has 1 unspecified atom stereocenters. The second-order valence-corrected chi connectivity index (χ2v) is 9.99. The minimum Gasteiger partial charge on any atom is -0.477 e. The number of benzene rings is 1. The Labute approximate surface area is 232 Å². The van der Waals surface area contributed by atoms with Crippen LogP contribution < -0.4 is 20.9 Å². The summed E-state index contributed by atoms with van der Waals surface area (Å²) in [7, 11) is 0. The van der Waals surface area contributed by atoms with Crippen LogP contribution in [-0.2, 0) is 24.1 Å². The molecule has 1 atom stereocenters. The number of nitrogens with zero attached hydrogens (tertiary/aromatic N) is 5. The van der Waals surface area contributed by atoms with Crippen molar-refractivity contribution in [1.82, 2.24) is 24.1 Å². The first kappa shape index (κ1) is 28.1. The number of hydrogen-bond donors (Lipinski definition) is 1. The van der Waals surface area contributed by atoms with Gasteiger partial charge in [0, 0.05) is 55.5 Å². The van der Waals surface area contributed by atoms with Crippen molar-refractivity contribution in [2.45, 2.75) is 52.4 Å². The highest BCUT2D eigenvalue weighted by Gasteiger charge is 2.33. The number of imidazole rings is 1. The van der Waals surface area contributed by atoms with Crippen LogP contribution >= 0.6 is 0 Å². The Morgan fingerprint density at radius 2 is 1.71 bits per heavy atom. The highest BCUT2D eigenvalue weighted by atomic mass is 19.4. The standard InChI is InChI=1S/C28H29F3N6O4/c1-3-11-35-25-23(26(39)36(12-4-2)27(35)40)33-24(34-25)18-5-10-21(32-14-18)41-16-17-13-22(38)37(15-17)20-8-6-19(7-9-20)28(29,30)31/h5-10,14,17H,3-4,11-13,15-16H2,1-2H3,(H,33,34). The Morgan fingerprint density at radius 1 is 1.00 bits per heavy atom. The van der Waals surface area contributed by atoms with Gasteiger partial charge in [0.1, 0.15) is 11.3 Å². The highest BCUT2D eigenvalue weighted by Crippen LogP contribution is 2.32. The summed E-state index contributed by atoms with van der Waals surface area (Å²) in [6, 6.07) is 7.88. The topological polar surface area (TPSA) is 115 Å². The molecule has 1 aliphatic heterocycles. The third-order valence-corrected chi connectivity index (χ3v) is 6.94. The molecule has 13 heteroatoms. The average Bonchev–Trinajstić information content (AvgIpc) is 3.56. The molecule has 1 aromatic carbocycles. The minimum absolute atomic E-state index is 0.165. The van der Waals surface area contributed by atoms with Crippen molar-refractivity contribution < 1.29 is 22.7 Å². The van der Waals surface area contributed by atoms with Gasteiger partial charge in [-0.05, 0) is 43.2 Å². The van der Waals surface area contributed by atoms with Gasteiger partial charge in [-0.15, -0.1) is 0 Å². The normalized spacial score (nSPS) is 15.7. The molecule has 1 saturated heterocycles. The Hall–Kier alpha value is -4.42. The largest absolute Gasteiger partial charge is 0.477 e. The van der Waals surface area contributed by atoms with Gasteiger partial charge in [-0.2, -0.15) is 13.2 Å². The van der Waals surface area contributed by atoms with Crippen LogP contribution in [0.4, 0.5) is 18.9 Å². The maximum absolute atomic E-state index is 13.0. The van der Waals surface area contributed by atoms with Gasteiger partial charge < -0.3 is 14.6 Å². The molecule has 5 rings (SSSR count). The van der Waals surface area contributed by atoms with Crippen molar-refractivity contribution in [2.75, 3.05) is 18.1 Å². The molecule has 1 aliphatic rings. The molecule has 1 amide bonds. The van der Waals surface area contributed by atoms with Gasteiger partial charge in [0.2, 0.25) is 11.8 Å². The van der Waals surface area contributed by atoms with Crippen molar-refractivity contribution in [1.29, 1.82) is 0 Å². The Balaban J connectivity index is 1.28. The number of pyridine rings is 1. The molecule has 3 aromatic heterocycles. The molecule has 4 heterocycles. The Morgan fingerprint density at radius 3 is 2.34 bits per heavy atom. The fourth-order valence-corrected chi connectivity index (χ4v) is 4.93. The van der Waals surface area contributed by atoms with Crippen LogP contribution in [0.1, 0.15) is 38.7 Å². The second kappa shape index (κ2) is 11.2. The number of aromatic nitrogens is 5. The van der Waals surface area contributed by atoms with Gasteiger partial charge in [-0.25, -0.2) is 14.8 Å². The van der Waals surface area contributed by atoms with E-state index in [2.05, 4.69) is 15.0 Å². The average molecular weight is 571 g/mol. The molecule has 1 N–H and O–H groups in total. The second-order valence-electron chi connectivity index (χ2n) is 9.99. The van der Waals surface area contributed by atoms with Crippen LogP contribution in [0.25, 0.3) is 22.6 Å². The Bertz CT molecular complexity index is 1670. The predicted molar refractivity (Wildman–Crippen MR) is 146 cm³/mol. The summed E-state index contributed by atoms with van der Waals surface area (Å²) in [6.45, 7) is 5.09. The molecule has 0 saturated carbocycles. The number of alkyl halides is 3. The van der Waals surface area contributed by atoms with Crippen molar-refractivity contribution in [3.05, 3.63) is 69.0 Å². The zero-order valence-corrected chi connectivity index (χ0v) is 22.6. The molecule has 0 aliphatic carbocycles. The van der Waals surface area contributed by atoms with E-state index in [9.17, 15) is 27.6 Å². The maximum Gasteiger partial charge on any atom is 0.416 e. The third-order valence-electron chi connectivity index (χ3n) is 6.94. The molecular weight excluding hydrogens is 541 g/mol. The first-order valence-electron chi connectivity index (χ1n) is 13.4. The number of aromatic amines is 1. The lowest BCUT2D eigenvalue weighted by Gasteiger charge is -2.18. The van der Waals surface area contributed by atoms with E-state index in [4.69, 9.17) is 4.74 Å². The molecule has 4 aromatic rings. The lowest BCUT2D eigenvalue weighted by atomic mass is 10.1. The number of aryl methyl sites for hydroxylation is 1. The van der Waals surface area contributed by atoms with Crippen LogP contribution in [-0.4, -0.2) is 43.1 Å². The van der Waals surface area contributed by atoms with Crippen molar-refractivity contribution in [3.8, 4) is 17.3 Å². The van der Waals surface area contributed by atoms with Crippen LogP contribution in [0.2, 0.25) is 0 Å². The van der Waals surface area contributed by atoms with E-state index >= 15 is 0 Å². The van der Waals surface area contributed by atoms with Gasteiger partial charge in [-0.1, -0.05) is 13.8 Å². The van der Waals surface area contributed by atoms with E-state index in [1.54, 1.807) is 12.1 Å². The van der Waals surface area contributed by atoms with Gasteiger partial charge in [0.15, 0.2) is 5.65 Å². The minimum atomic E-state index is -4.44. The summed E-state index contributed by atoms with van der Waals surface area (Å²) in [5.74, 6) is 0.357. The monoisotopic (exact) mass is 570 g/mol. The molecule has 10 nitrogen and oxygen atoms in total. The number of ether oxygens (including phenoxy) is 1. The van der Waals surface area contributed by atoms with E-state index in [0.29, 0.717) is 61.1 Å². The molecule has 1 fully saturated rings. The molecular formula is C28H29F3N6O4. The van der Waals surface area contributed by atoms with E-state index in [1.807, 2.05) is 13.8 Å². The summed E-state index contributed by atoms with van der Waals surface area (Å²) in [5, 5.41) is 0. The number of carbonyl (C=O) groups excluding carboxylic acids is 1. The van der Waals surface area contributed by atoms with Crippen molar-refractivity contribution in [2.24, 2.45) is 5.92 Å². The van der Waals surface area contributed by atoms with Gasteiger partial charge >= 0.3 is 11.9 Å².